The predicted molar refractivity (Wildman–Crippen MR) is 75.7 cm³/mol. The lowest BCUT2D eigenvalue weighted by atomic mass is 10.1. The van der Waals surface area contributed by atoms with Crippen LogP contribution in [-0.4, -0.2) is 9.78 Å². The molecule has 1 aromatic heterocycles. The van der Waals surface area contributed by atoms with E-state index in [4.69, 9.17) is 5.73 Å². The number of hydrogen-bond donors (Lipinski definition) is 1. The van der Waals surface area contributed by atoms with Crippen molar-refractivity contribution in [3.63, 3.8) is 0 Å². The largest absolute Gasteiger partial charge is 0.324 e. The zero-order chi connectivity index (χ0) is 12.5. The second kappa shape index (κ2) is 4.86. The Morgan fingerprint density at radius 3 is 2.94 bits per heavy atom. The molecular formula is C14H16BrN3. The van der Waals surface area contributed by atoms with E-state index in [1.165, 1.54) is 24.1 Å². The quantitative estimate of drug-likeness (QED) is 0.821. The predicted octanol–water partition coefficient (Wildman–Crippen LogP) is 3.36. The summed E-state index contributed by atoms with van der Waals surface area (Å²) < 4.78 is 3.10. The number of fused-ring (bicyclic) bond motifs is 1. The lowest BCUT2D eigenvalue weighted by Crippen LogP contribution is -2.10. The summed E-state index contributed by atoms with van der Waals surface area (Å²) in [7, 11) is 0. The monoisotopic (exact) mass is 305 g/mol. The molecule has 0 saturated carbocycles. The third-order valence-electron chi connectivity index (χ3n) is 3.56. The normalized spacial score (nSPS) is 19.3. The highest BCUT2D eigenvalue weighted by Crippen LogP contribution is 2.30. The van der Waals surface area contributed by atoms with Crippen LogP contribution in [-0.2, 0) is 6.42 Å². The lowest BCUT2D eigenvalue weighted by Gasteiger charge is -2.10. The molecule has 0 radical (unpaired) electrons. The fraction of sp³-hybridized carbons (Fsp3) is 0.357. The average molecular weight is 306 g/mol. The summed E-state index contributed by atoms with van der Waals surface area (Å²) in [6.07, 6.45) is 6.45. The van der Waals surface area contributed by atoms with Crippen LogP contribution in [0.15, 0.2) is 34.9 Å². The summed E-state index contributed by atoms with van der Waals surface area (Å²) in [5, 5.41) is 4.53. The molecule has 0 saturated heterocycles. The van der Waals surface area contributed by atoms with Gasteiger partial charge in [-0.1, -0.05) is 18.6 Å². The van der Waals surface area contributed by atoms with Gasteiger partial charge in [0.25, 0.3) is 0 Å². The van der Waals surface area contributed by atoms with Crippen molar-refractivity contribution < 1.29 is 0 Å². The second-order valence-corrected chi connectivity index (χ2v) is 5.62. The highest BCUT2D eigenvalue weighted by Gasteiger charge is 2.20. The molecule has 1 aliphatic rings. The molecule has 0 fully saturated rings. The van der Waals surface area contributed by atoms with E-state index in [0.29, 0.717) is 0 Å². The Balaban J connectivity index is 2.12. The molecule has 0 bridgehead atoms. The van der Waals surface area contributed by atoms with Crippen molar-refractivity contribution in [2.24, 2.45) is 5.73 Å². The molecule has 3 nitrogen and oxygen atoms in total. The number of hydrogen-bond acceptors (Lipinski definition) is 2. The van der Waals surface area contributed by atoms with E-state index in [1.54, 1.807) is 0 Å². The summed E-state index contributed by atoms with van der Waals surface area (Å²) in [6.45, 7) is 0. The van der Waals surface area contributed by atoms with Crippen LogP contribution in [0.4, 0.5) is 0 Å². The SMILES string of the molecule is NC1CCCCc2c1cnn2-c1ccccc1Br. The number of aromatic nitrogens is 2. The van der Waals surface area contributed by atoms with Gasteiger partial charge in [0.1, 0.15) is 0 Å². The van der Waals surface area contributed by atoms with Gasteiger partial charge in [0.2, 0.25) is 0 Å². The fourth-order valence-electron chi connectivity index (χ4n) is 2.59. The van der Waals surface area contributed by atoms with Crippen LogP contribution in [0.3, 0.4) is 0 Å². The van der Waals surface area contributed by atoms with E-state index in [1.807, 2.05) is 29.1 Å². The van der Waals surface area contributed by atoms with Gasteiger partial charge >= 0.3 is 0 Å². The Morgan fingerprint density at radius 2 is 2.11 bits per heavy atom. The minimum Gasteiger partial charge on any atom is -0.324 e. The average Bonchev–Trinajstić information content (AvgIpc) is 2.70. The van der Waals surface area contributed by atoms with Crippen LogP contribution >= 0.6 is 15.9 Å². The molecule has 1 aromatic carbocycles. The number of halogens is 1. The van der Waals surface area contributed by atoms with Crippen molar-refractivity contribution in [3.05, 3.63) is 46.2 Å². The molecule has 0 spiro atoms. The number of nitrogens with zero attached hydrogens (tertiary/aromatic N) is 2. The molecule has 0 aliphatic heterocycles. The molecule has 1 heterocycles. The van der Waals surface area contributed by atoms with Crippen molar-refractivity contribution in [3.8, 4) is 5.69 Å². The van der Waals surface area contributed by atoms with Gasteiger partial charge in [-0.25, -0.2) is 4.68 Å². The van der Waals surface area contributed by atoms with E-state index in [-0.39, 0.29) is 6.04 Å². The smallest absolute Gasteiger partial charge is 0.0790 e. The van der Waals surface area contributed by atoms with Gasteiger partial charge in [-0.15, -0.1) is 0 Å². The first kappa shape index (κ1) is 11.9. The summed E-state index contributed by atoms with van der Waals surface area (Å²) in [4.78, 5) is 0. The zero-order valence-electron chi connectivity index (χ0n) is 10.1. The zero-order valence-corrected chi connectivity index (χ0v) is 11.7. The summed E-state index contributed by atoms with van der Waals surface area (Å²) >= 11 is 3.59. The van der Waals surface area contributed by atoms with E-state index < -0.39 is 0 Å². The van der Waals surface area contributed by atoms with Crippen LogP contribution in [0.25, 0.3) is 5.69 Å². The number of para-hydroxylation sites is 1. The maximum absolute atomic E-state index is 6.21. The van der Waals surface area contributed by atoms with Gasteiger partial charge in [-0.05, 0) is 47.3 Å². The molecule has 18 heavy (non-hydrogen) atoms. The van der Waals surface area contributed by atoms with E-state index >= 15 is 0 Å². The van der Waals surface area contributed by atoms with Gasteiger partial charge in [0, 0.05) is 21.8 Å². The maximum atomic E-state index is 6.21. The topological polar surface area (TPSA) is 43.8 Å². The number of benzene rings is 1. The Hall–Kier alpha value is -1.13. The van der Waals surface area contributed by atoms with Crippen LogP contribution in [0.1, 0.15) is 36.6 Å². The van der Waals surface area contributed by atoms with Crippen molar-refractivity contribution in [1.82, 2.24) is 9.78 Å². The summed E-state index contributed by atoms with van der Waals surface area (Å²) in [5.41, 5.74) is 9.78. The van der Waals surface area contributed by atoms with Gasteiger partial charge in [0.15, 0.2) is 0 Å². The minimum absolute atomic E-state index is 0.138. The van der Waals surface area contributed by atoms with Crippen LogP contribution < -0.4 is 5.73 Å². The summed E-state index contributed by atoms with van der Waals surface area (Å²) in [5.74, 6) is 0. The molecule has 1 unspecified atom stereocenters. The third-order valence-corrected chi connectivity index (χ3v) is 4.23. The molecule has 2 N–H and O–H groups in total. The molecular weight excluding hydrogens is 290 g/mol. The molecule has 4 heteroatoms. The van der Waals surface area contributed by atoms with Gasteiger partial charge in [0.05, 0.1) is 11.9 Å². The standard InChI is InChI=1S/C14H16BrN3/c15-11-5-1-3-8-14(11)18-13-7-4-2-6-12(16)10(13)9-17-18/h1,3,5,8-9,12H,2,4,6-7,16H2. The first-order valence-corrected chi connectivity index (χ1v) is 7.14. The van der Waals surface area contributed by atoms with E-state index in [0.717, 1.165) is 23.0 Å². The molecule has 0 amide bonds. The molecule has 94 valence electrons. The summed E-state index contributed by atoms with van der Waals surface area (Å²) in [6, 6.07) is 8.30. The second-order valence-electron chi connectivity index (χ2n) is 4.76. The van der Waals surface area contributed by atoms with Crippen LogP contribution in [0.2, 0.25) is 0 Å². The number of nitrogens with two attached hydrogens (primary N) is 1. The van der Waals surface area contributed by atoms with Crippen LogP contribution in [0, 0.1) is 0 Å². The van der Waals surface area contributed by atoms with Crippen LogP contribution in [0.5, 0.6) is 0 Å². The molecule has 1 atom stereocenters. The Labute approximate surface area is 115 Å². The molecule has 1 aliphatic carbocycles. The Bertz CT molecular complexity index is 562. The van der Waals surface area contributed by atoms with Gasteiger partial charge in [-0.2, -0.15) is 5.10 Å². The fourth-order valence-corrected chi connectivity index (χ4v) is 3.04. The highest BCUT2D eigenvalue weighted by atomic mass is 79.9. The van der Waals surface area contributed by atoms with Gasteiger partial charge < -0.3 is 5.73 Å². The van der Waals surface area contributed by atoms with E-state index in [9.17, 15) is 0 Å². The first-order valence-electron chi connectivity index (χ1n) is 6.34. The molecule has 3 rings (SSSR count). The van der Waals surface area contributed by atoms with Crippen molar-refractivity contribution in [1.29, 1.82) is 0 Å². The molecule has 2 aromatic rings. The first-order chi connectivity index (χ1) is 8.77. The third kappa shape index (κ3) is 1.99. The van der Waals surface area contributed by atoms with Crippen molar-refractivity contribution in [2.45, 2.75) is 31.7 Å². The Morgan fingerprint density at radius 1 is 1.28 bits per heavy atom. The van der Waals surface area contributed by atoms with Crippen molar-refractivity contribution >= 4 is 15.9 Å². The van der Waals surface area contributed by atoms with Crippen molar-refractivity contribution in [2.75, 3.05) is 0 Å². The van der Waals surface area contributed by atoms with Gasteiger partial charge in [-0.3, -0.25) is 0 Å². The minimum atomic E-state index is 0.138. The maximum Gasteiger partial charge on any atom is 0.0790 e. The Kier molecular flexibility index (Phi) is 3.22. The van der Waals surface area contributed by atoms with E-state index in [2.05, 4.69) is 27.1 Å². The number of rotatable bonds is 1. The lowest BCUT2D eigenvalue weighted by molar-refractivity contribution is 0.611. The highest BCUT2D eigenvalue weighted by molar-refractivity contribution is 9.10.